The molecular formula is C16H13F3N2O2. The third-order valence-electron chi connectivity index (χ3n) is 3.40. The van der Waals surface area contributed by atoms with Crippen molar-refractivity contribution < 1.29 is 22.7 Å². The topological polar surface area (TPSA) is 50.4 Å². The zero-order valence-corrected chi connectivity index (χ0v) is 11.9. The normalized spacial score (nSPS) is 13.2. The number of hydrogen-bond donors (Lipinski definition) is 2. The largest absolute Gasteiger partial charge is 0.573 e. The van der Waals surface area contributed by atoms with Crippen molar-refractivity contribution in [2.75, 3.05) is 17.2 Å². The molecule has 0 saturated heterocycles. The van der Waals surface area contributed by atoms with Crippen molar-refractivity contribution in [2.45, 2.75) is 12.8 Å². The highest BCUT2D eigenvalue weighted by Crippen LogP contribution is 2.26. The zero-order valence-electron chi connectivity index (χ0n) is 11.9. The van der Waals surface area contributed by atoms with Crippen molar-refractivity contribution in [3.05, 3.63) is 53.6 Å². The maximum Gasteiger partial charge on any atom is 0.573 e. The van der Waals surface area contributed by atoms with E-state index < -0.39 is 6.36 Å². The lowest BCUT2D eigenvalue weighted by atomic mass is 10.1. The van der Waals surface area contributed by atoms with Crippen LogP contribution in [0, 0.1) is 0 Å². The molecule has 0 unspecified atom stereocenters. The highest BCUT2D eigenvalue weighted by molar-refractivity contribution is 6.04. The maximum absolute atomic E-state index is 12.2. The molecule has 0 atom stereocenters. The predicted molar refractivity (Wildman–Crippen MR) is 79.7 cm³/mol. The predicted octanol–water partition coefficient (Wildman–Crippen LogP) is 3.81. The van der Waals surface area contributed by atoms with Crippen molar-refractivity contribution >= 4 is 17.3 Å². The van der Waals surface area contributed by atoms with Gasteiger partial charge in [0.15, 0.2) is 0 Å². The Balaban J connectivity index is 1.74. The van der Waals surface area contributed by atoms with E-state index in [4.69, 9.17) is 0 Å². The van der Waals surface area contributed by atoms with Crippen molar-refractivity contribution in [1.29, 1.82) is 0 Å². The number of hydrogen-bond acceptors (Lipinski definition) is 3. The van der Waals surface area contributed by atoms with Crippen LogP contribution >= 0.6 is 0 Å². The first-order valence-corrected chi connectivity index (χ1v) is 6.95. The standard InChI is InChI=1S/C16H13F3N2O2/c17-16(18,19)23-13-3-1-2-12(9-13)21-15(22)11-4-5-14-10(8-11)6-7-20-14/h1-5,8-9,20H,6-7H2,(H,21,22). The Morgan fingerprint density at radius 1 is 1.17 bits per heavy atom. The number of nitrogens with one attached hydrogen (secondary N) is 2. The molecule has 1 amide bonds. The van der Waals surface area contributed by atoms with E-state index >= 15 is 0 Å². The Kier molecular flexibility index (Phi) is 3.85. The molecule has 3 rings (SSSR count). The van der Waals surface area contributed by atoms with Gasteiger partial charge in [0, 0.05) is 29.5 Å². The third kappa shape index (κ3) is 3.74. The number of fused-ring (bicyclic) bond motifs is 1. The summed E-state index contributed by atoms with van der Waals surface area (Å²) < 4.78 is 40.5. The number of rotatable bonds is 3. The molecule has 2 N–H and O–H groups in total. The lowest BCUT2D eigenvalue weighted by molar-refractivity contribution is -0.274. The number of carbonyl (C=O) groups is 1. The number of anilines is 2. The van der Waals surface area contributed by atoms with Gasteiger partial charge < -0.3 is 15.4 Å². The average molecular weight is 322 g/mol. The molecule has 0 bridgehead atoms. The van der Waals surface area contributed by atoms with E-state index in [0.717, 1.165) is 30.3 Å². The first-order chi connectivity index (χ1) is 10.9. The Morgan fingerprint density at radius 2 is 2.00 bits per heavy atom. The fourth-order valence-electron chi connectivity index (χ4n) is 2.42. The van der Waals surface area contributed by atoms with Crippen molar-refractivity contribution in [1.82, 2.24) is 0 Å². The van der Waals surface area contributed by atoms with Gasteiger partial charge in [0.05, 0.1) is 0 Å². The maximum atomic E-state index is 12.2. The van der Waals surface area contributed by atoms with Crippen LogP contribution in [0.2, 0.25) is 0 Å². The lowest BCUT2D eigenvalue weighted by Gasteiger charge is -2.11. The van der Waals surface area contributed by atoms with Gasteiger partial charge in [-0.05, 0) is 42.3 Å². The molecule has 0 radical (unpaired) electrons. The molecule has 1 heterocycles. The summed E-state index contributed by atoms with van der Waals surface area (Å²) in [6.07, 6.45) is -3.93. The van der Waals surface area contributed by atoms with Gasteiger partial charge in [-0.2, -0.15) is 0 Å². The average Bonchev–Trinajstić information content (AvgIpc) is 2.93. The first-order valence-electron chi connectivity index (χ1n) is 6.95. The first kappa shape index (κ1) is 15.2. The summed E-state index contributed by atoms with van der Waals surface area (Å²) in [6, 6.07) is 10.4. The molecule has 0 saturated carbocycles. The number of amides is 1. The number of benzene rings is 2. The van der Waals surface area contributed by atoms with Gasteiger partial charge in [-0.1, -0.05) is 6.07 Å². The van der Waals surface area contributed by atoms with Gasteiger partial charge in [-0.15, -0.1) is 13.2 Å². The van der Waals surface area contributed by atoms with Gasteiger partial charge in [-0.25, -0.2) is 0 Å². The molecular weight excluding hydrogens is 309 g/mol. The number of carbonyl (C=O) groups excluding carboxylic acids is 1. The minimum absolute atomic E-state index is 0.232. The zero-order chi connectivity index (χ0) is 16.4. The molecule has 1 aliphatic heterocycles. The highest BCUT2D eigenvalue weighted by Gasteiger charge is 2.31. The van der Waals surface area contributed by atoms with Crippen LogP contribution < -0.4 is 15.4 Å². The second kappa shape index (κ2) is 5.83. The summed E-state index contributed by atoms with van der Waals surface area (Å²) in [6.45, 7) is 0.831. The molecule has 0 aromatic heterocycles. The number of alkyl halides is 3. The van der Waals surface area contributed by atoms with Gasteiger partial charge in [0.25, 0.3) is 5.91 Å². The minimum atomic E-state index is -4.77. The van der Waals surface area contributed by atoms with Crippen LogP contribution in [-0.4, -0.2) is 18.8 Å². The second-order valence-corrected chi connectivity index (χ2v) is 5.08. The number of ether oxygens (including phenoxy) is 1. The summed E-state index contributed by atoms with van der Waals surface area (Å²) >= 11 is 0. The van der Waals surface area contributed by atoms with E-state index in [2.05, 4.69) is 15.4 Å². The van der Waals surface area contributed by atoms with Gasteiger partial charge in [0.1, 0.15) is 5.75 Å². The molecule has 23 heavy (non-hydrogen) atoms. The summed E-state index contributed by atoms with van der Waals surface area (Å²) in [5, 5.41) is 5.76. The smallest absolute Gasteiger partial charge is 0.406 e. The van der Waals surface area contributed by atoms with Gasteiger partial charge in [0.2, 0.25) is 0 Å². The van der Waals surface area contributed by atoms with E-state index in [1.54, 1.807) is 12.1 Å². The van der Waals surface area contributed by atoms with E-state index in [-0.39, 0.29) is 17.3 Å². The monoisotopic (exact) mass is 322 g/mol. The minimum Gasteiger partial charge on any atom is -0.406 e. The molecule has 2 aromatic rings. The molecule has 120 valence electrons. The van der Waals surface area contributed by atoms with Crippen LogP contribution in [0.4, 0.5) is 24.5 Å². The molecule has 4 nitrogen and oxygen atoms in total. The van der Waals surface area contributed by atoms with Crippen LogP contribution in [-0.2, 0) is 6.42 Å². The second-order valence-electron chi connectivity index (χ2n) is 5.08. The molecule has 7 heteroatoms. The van der Waals surface area contributed by atoms with E-state index in [1.165, 1.54) is 18.2 Å². The highest BCUT2D eigenvalue weighted by atomic mass is 19.4. The van der Waals surface area contributed by atoms with Gasteiger partial charge >= 0.3 is 6.36 Å². The Labute approximate surface area is 130 Å². The summed E-state index contributed by atoms with van der Waals surface area (Å²) in [5.74, 6) is -0.766. The SMILES string of the molecule is O=C(Nc1cccc(OC(F)(F)F)c1)c1ccc2c(c1)CCN2. The molecule has 1 aliphatic rings. The van der Waals surface area contributed by atoms with Crippen LogP contribution in [0.25, 0.3) is 0 Å². The molecule has 2 aromatic carbocycles. The summed E-state index contributed by atoms with van der Waals surface area (Å²) in [4.78, 5) is 12.2. The molecule has 0 fully saturated rings. The van der Waals surface area contributed by atoms with Crippen molar-refractivity contribution in [3.8, 4) is 5.75 Å². The molecule has 0 aliphatic carbocycles. The molecule has 0 spiro atoms. The Hall–Kier alpha value is -2.70. The van der Waals surface area contributed by atoms with E-state index in [9.17, 15) is 18.0 Å². The van der Waals surface area contributed by atoms with Gasteiger partial charge in [-0.3, -0.25) is 4.79 Å². The van der Waals surface area contributed by atoms with E-state index in [1.807, 2.05) is 6.07 Å². The van der Waals surface area contributed by atoms with Crippen LogP contribution in [0.15, 0.2) is 42.5 Å². The van der Waals surface area contributed by atoms with Crippen LogP contribution in [0.3, 0.4) is 0 Å². The summed E-state index contributed by atoms with van der Waals surface area (Å²) in [7, 11) is 0. The van der Waals surface area contributed by atoms with Crippen LogP contribution in [0.1, 0.15) is 15.9 Å². The number of halogens is 3. The van der Waals surface area contributed by atoms with E-state index in [0.29, 0.717) is 5.56 Å². The third-order valence-corrected chi connectivity index (χ3v) is 3.40. The lowest BCUT2D eigenvalue weighted by Crippen LogP contribution is -2.17. The quantitative estimate of drug-likeness (QED) is 0.903. The fraction of sp³-hybridized carbons (Fsp3) is 0.188. The van der Waals surface area contributed by atoms with Crippen LogP contribution in [0.5, 0.6) is 5.75 Å². The Morgan fingerprint density at radius 3 is 2.78 bits per heavy atom. The fourth-order valence-corrected chi connectivity index (χ4v) is 2.42. The Bertz CT molecular complexity index is 744. The van der Waals surface area contributed by atoms with Crippen molar-refractivity contribution in [3.63, 3.8) is 0 Å². The summed E-state index contributed by atoms with van der Waals surface area (Å²) in [5.41, 5.74) is 2.74. The van der Waals surface area contributed by atoms with Crippen molar-refractivity contribution in [2.24, 2.45) is 0 Å².